The van der Waals surface area contributed by atoms with E-state index in [1.165, 1.54) is 30.4 Å². The molecule has 0 fully saturated rings. The van der Waals surface area contributed by atoms with Gasteiger partial charge >= 0.3 is 0 Å². The monoisotopic (exact) mass is 298 g/mol. The summed E-state index contributed by atoms with van der Waals surface area (Å²) >= 11 is 0. The van der Waals surface area contributed by atoms with Gasteiger partial charge in [-0.1, -0.05) is 6.92 Å². The van der Waals surface area contributed by atoms with Crippen LogP contribution < -0.4 is 0 Å². The lowest BCUT2D eigenvalue weighted by atomic mass is 9.95. The van der Waals surface area contributed by atoms with Crippen molar-refractivity contribution < 1.29 is 19.2 Å². The average molecular weight is 298 g/mol. The second-order valence-electron chi connectivity index (χ2n) is 4.06. The zero-order valence-electron chi connectivity index (χ0n) is 11.8. The molecule has 0 heterocycles. The number of isocyanates is 4. The first kappa shape index (κ1) is 16.8. The molecule has 110 valence electrons. The minimum atomic E-state index is -0.688. The number of benzene rings is 1. The third-order valence-corrected chi connectivity index (χ3v) is 2.98. The molecule has 0 N–H and O–H groups in total. The molecule has 22 heavy (non-hydrogen) atoms. The van der Waals surface area contributed by atoms with Gasteiger partial charge in [0.2, 0.25) is 24.3 Å². The molecule has 0 spiro atoms. The highest BCUT2D eigenvalue weighted by Crippen LogP contribution is 2.44. The van der Waals surface area contributed by atoms with Crippen molar-refractivity contribution in [2.45, 2.75) is 26.3 Å². The summed E-state index contributed by atoms with van der Waals surface area (Å²) in [5.41, 5.74) is 0.940. The normalized spacial score (nSPS) is 10.3. The third kappa shape index (κ3) is 3.44. The maximum absolute atomic E-state index is 10.6. The van der Waals surface area contributed by atoms with Crippen LogP contribution in [-0.2, 0) is 19.2 Å². The van der Waals surface area contributed by atoms with Crippen LogP contribution in [0.15, 0.2) is 26.0 Å². The molecule has 1 rings (SSSR count). The summed E-state index contributed by atoms with van der Waals surface area (Å²) in [6.45, 7) is 3.35. The SMILES string of the molecule is CCC(N=C=O)c1c(C)c(N=C=O)cc(N=C=O)c1N=C=O. The van der Waals surface area contributed by atoms with Crippen molar-refractivity contribution in [2.75, 3.05) is 0 Å². The van der Waals surface area contributed by atoms with E-state index in [4.69, 9.17) is 0 Å². The first-order valence-corrected chi connectivity index (χ1v) is 6.12. The largest absolute Gasteiger partial charge is 0.240 e. The number of hydrogen-bond donors (Lipinski definition) is 0. The van der Waals surface area contributed by atoms with Gasteiger partial charge in [-0.2, -0.15) is 20.0 Å². The second-order valence-corrected chi connectivity index (χ2v) is 4.06. The maximum Gasteiger partial charge on any atom is 0.240 e. The van der Waals surface area contributed by atoms with E-state index in [9.17, 15) is 19.2 Å². The lowest BCUT2D eigenvalue weighted by Gasteiger charge is -2.16. The zero-order valence-corrected chi connectivity index (χ0v) is 11.8. The zero-order chi connectivity index (χ0) is 16.5. The van der Waals surface area contributed by atoms with Crippen LogP contribution in [0.25, 0.3) is 0 Å². The second kappa shape index (κ2) is 8.12. The van der Waals surface area contributed by atoms with E-state index in [1.54, 1.807) is 13.8 Å². The Bertz CT molecular complexity index is 777. The first-order chi connectivity index (χ1) is 10.6. The van der Waals surface area contributed by atoms with Crippen molar-refractivity contribution in [3.63, 3.8) is 0 Å². The van der Waals surface area contributed by atoms with E-state index in [0.717, 1.165) is 0 Å². The van der Waals surface area contributed by atoms with Crippen molar-refractivity contribution in [1.29, 1.82) is 0 Å². The molecule has 0 bridgehead atoms. The maximum atomic E-state index is 10.6. The summed E-state index contributed by atoms with van der Waals surface area (Å²) in [5, 5.41) is 0. The Labute approximate surface area is 125 Å². The summed E-state index contributed by atoms with van der Waals surface area (Å²) in [7, 11) is 0. The fourth-order valence-corrected chi connectivity index (χ4v) is 2.05. The molecule has 1 atom stereocenters. The van der Waals surface area contributed by atoms with E-state index in [2.05, 4.69) is 20.0 Å². The van der Waals surface area contributed by atoms with E-state index < -0.39 is 6.04 Å². The lowest BCUT2D eigenvalue weighted by molar-refractivity contribution is 0.555. The Hall–Kier alpha value is -3.26. The Balaban J connectivity index is 3.95. The minimum Gasteiger partial charge on any atom is -0.211 e. The molecule has 8 nitrogen and oxygen atoms in total. The molecule has 0 aromatic heterocycles. The van der Waals surface area contributed by atoms with Crippen LogP contribution in [0.1, 0.15) is 30.5 Å². The van der Waals surface area contributed by atoms with Gasteiger partial charge < -0.3 is 0 Å². The Kier molecular flexibility index (Phi) is 6.20. The molecule has 1 aromatic carbocycles. The van der Waals surface area contributed by atoms with Gasteiger partial charge in [-0.3, -0.25) is 0 Å². The molecule has 0 saturated heterocycles. The van der Waals surface area contributed by atoms with Gasteiger partial charge in [0, 0.05) is 5.56 Å². The van der Waals surface area contributed by atoms with Crippen molar-refractivity contribution in [1.82, 2.24) is 0 Å². The van der Waals surface area contributed by atoms with Crippen LogP contribution in [0.3, 0.4) is 0 Å². The van der Waals surface area contributed by atoms with Gasteiger partial charge in [0.15, 0.2) is 0 Å². The molecule has 0 aliphatic rings. The third-order valence-electron chi connectivity index (χ3n) is 2.98. The molecule has 8 heteroatoms. The molecule has 0 saturated carbocycles. The summed E-state index contributed by atoms with van der Waals surface area (Å²) in [6, 6.07) is 0.592. The van der Waals surface area contributed by atoms with Gasteiger partial charge in [-0.05, 0) is 25.0 Å². The fourth-order valence-electron chi connectivity index (χ4n) is 2.05. The highest BCUT2D eigenvalue weighted by Gasteiger charge is 2.22. The summed E-state index contributed by atoms with van der Waals surface area (Å²) in [4.78, 5) is 56.4. The molecular formula is C14H10N4O4. The number of carbonyl (C=O) groups excluding carboxylic acids is 4. The van der Waals surface area contributed by atoms with Gasteiger partial charge in [0.25, 0.3) is 0 Å². The Morgan fingerprint density at radius 3 is 2.05 bits per heavy atom. The number of rotatable bonds is 6. The van der Waals surface area contributed by atoms with Crippen LogP contribution >= 0.6 is 0 Å². The van der Waals surface area contributed by atoms with Crippen molar-refractivity contribution in [3.05, 3.63) is 17.2 Å². The Morgan fingerprint density at radius 2 is 1.55 bits per heavy atom. The fraction of sp³-hybridized carbons (Fsp3) is 0.286. The summed E-state index contributed by atoms with van der Waals surface area (Å²) in [5.74, 6) is 0. The Morgan fingerprint density at radius 1 is 0.955 bits per heavy atom. The highest BCUT2D eigenvalue weighted by atomic mass is 16.1. The number of nitrogens with zero attached hydrogens (tertiary/aromatic N) is 4. The molecule has 1 unspecified atom stereocenters. The van der Waals surface area contributed by atoms with Crippen molar-refractivity contribution >= 4 is 41.4 Å². The van der Waals surface area contributed by atoms with E-state index in [1.807, 2.05) is 0 Å². The number of aliphatic imine (C=N–C) groups is 4. The first-order valence-electron chi connectivity index (χ1n) is 6.12. The highest BCUT2D eigenvalue weighted by molar-refractivity contribution is 5.79. The van der Waals surface area contributed by atoms with Crippen LogP contribution in [0.5, 0.6) is 0 Å². The van der Waals surface area contributed by atoms with E-state index >= 15 is 0 Å². The van der Waals surface area contributed by atoms with Gasteiger partial charge in [-0.25, -0.2) is 19.2 Å². The van der Waals surface area contributed by atoms with E-state index in [0.29, 0.717) is 17.5 Å². The summed E-state index contributed by atoms with van der Waals surface area (Å²) < 4.78 is 0. The minimum absolute atomic E-state index is 0.0200. The topological polar surface area (TPSA) is 118 Å². The predicted molar refractivity (Wildman–Crippen MR) is 75.7 cm³/mol. The lowest BCUT2D eigenvalue weighted by Crippen LogP contribution is -1.99. The number of hydrogen-bond acceptors (Lipinski definition) is 8. The van der Waals surface area contributed by atoms with Gasteiger partial charge in [0.05, 0.1) is 11.7 Å². The smallest absolute Gasteiger partial charge is 0.211 e. The molecular weight excluding hydrogens is 288 g/mol. The average Bonchev–Trinajstić information content (AvgIpc) is 2.51. The van der Waals surface area contributed by atoms with Gasteiger partial charge in [-0.15, -0.1) is 0 Å². The summed E-state index contributed by atoms with van der Waals surface area (Å²) in [6.07, 6.45) is 5.89. The quantitative estimate of drug-likeness (QED) is 0.592. The van der Waals surface area contributed by atoms with Crippen LogP contribution in [0, 0.1) is 6.92 Å². The molecule has 1 aromatic rings. The van der Waals surface area contributed by atoms with Crippen LogP contribution in [-0.4, -0.2) is 24.3 Å². The van der Waals surface area contributed by atoms with Gasteiger partial charge in [0.1, 0.15) is 11.4 Å². The van der Waals surface area contributed by atoms with E-state index in [-0.39, 0.29) is 17.1 Å². The van der Waals surface area contributed by atoms with Crippen LogP contribution in [0.2, 0.25) is 0 Å². The molecule has 0 radical (unpaired) electrons. The van der Waals surface area contributed by atoms with Crippen LogP contribution in [0.4, 0.5) is 17.1 Å². The van der Waals surface area contributed by atoms with Crippen molar-refractivity contribution in [3.8, 4) is 0 Å². The standard InChI is InChI=1S/C14H10N4O4/c1-3-10(15-5-19)13-9(2)11(16-6-20)4-12(17-7-21)14(13)18-8-22/h4,10H,3H2,1-2H3. The molecule has 0 aliphatic heterocycles. The van der Waals surface area contributed by atoms with Crippen molar-refractivity contribution in [2.24, 2.45) is 20.0 Å². The predicted octanol–water partition coefficient (Wildman–Crippen LogP) is 2.68. The molecule has 0 amide bonds. The molecule has 0 aliphatic carbocycles.